The number of thiazole rings is 1. The highest BCUT2D eigenvalue weighted by Crippen LogP contribution is 2.46. The van der Waals surface area contributed by atoms with Crippen molar-refractivity contribution in [3.05, 3.63) is 76.9 Å². The van der Waals surface area contributed by atoms with Gasteiger partial charge in [-0.25, -0.2) is 4.98 Å². The molecule has 1 fully saturated rings. The molecule has 0 aliphatic carbocycles. The van der Waals surface area contributed by atoms with Crippen molar-refractivity contribution in [2.75, 3.05) is 25.7 Å². The number of aliphatic hydroxyl groups excluding tert-OH is 1. The number of nitrogens with zero attached hydrogens (tertiary/aromatic N) is 2. The molecule has 0 spiro atoms. The van der Waals surface area contributed by atoms with Crippen LogP contribution in [-0.2, 0) is 16.0 Å². The molecule has 210 valence electrons. The Morgan fingerprint density at radius 2 is 1.90 bits per heavy atom. The van der Waals surface area contributed by atoms with Crippen LogP contribution in [-0.4, -0.2) is 48.7 Å². The van der Waals surface area contributed by atoms with Gasteiger partial charge in [0, 0.05) is 12.0 Å². The second-order valence-corrected chi connectivity index (χ2v) is 10.8. The lowest BCUT2D eigenvalue weighted by Gasteiger charge is -2.24. The normalized spacial score (nSPS) is 19.4. The summed E-state index contributed by atoms with van der Waals surface area (Å²) < 4.78 is 23.2. The molecule has 1 amide bonds. The highest BCUT2D eigenvalue weighted by atomic mass is 32.1. The van der Waals surface area contributed by atoms with Gasteiger partial charge in [0.25, 0.3) is 5.78 Å². The Kier molecular flexibility index (Phi) is 6.78. The molecular formula is C31H28N2O7S. The van der Waals surface area contributed by atoms with Crippen LogP contribution in [0.25, 0.3) is 16.0 Å². The van der Waals surface area contributed by atoms with Gasteiger partial charge < -0.3 is 24.1 Å². The number of anilines is 1. The van der Waals surface area contributed by atoms with Gasteiger partial charge in [-0.1, -0.05) is 17.4 Å². The van der Waals surface area contributed by atoms with Gasteiger partial charge in [-0.2, -0.15) is 0 Å². The van der Waals surface area contributed by atoms with E-state index in [1.165, 1.54) is 23.3 Å². The second-order valence-electron chi connectivity index (χ2n) is 9.80. The molecule has 1 aromatic heterocycles. The number of fused-ring (bicyclic) bond motifs is 2. The number of methoxy groups -OCH3 is 2. The van der Waals surface area contributed by atoms with Crippen molar-refractivity contribution in [3.8, 4) is 23.0 Å². The molecule has 0 bridgehead atoms. The first kappa shape index (κ1) is 26.6. The number of carbonyl (C=O) groups excluding carboxylic acids is 2. The molecule has 9 nitrogen and oxygen atoms in total. The Hall–Kier alpha value is -4.57. The van der Waals surface area contributed by atoms with E-state index in [-0.39, 0.29) is 17.4 Å². The van der Waals surface area contributed by atoms with Crippen molar-refractivity contribution in [3.63, 3.8) is 0 Å². The maximum absolute atomic E-state index is 13.7. The number of Topliss-reactive ketones (excluding diaryl/α,β-unsaturated/α-hetero) is 1. The summed E-state index contributed by atoms with van der Waals surface area (Å²) in [6.45, 7) is 4.27. The van der Waals surface area contributed by atoms with Crippen molar-refractivity contribution in [1.29, 1.82) is 0 Å². The van der Waals surface area contributed by atoms with Crippen LogP contribution in [0.15, 0.2) is 60.2 Å². The minimum absolute atomic E-state index is 0.0157. The summed E-state index contributed by atoms with van der Waals surface area (Å²) in [5.41, 5.74) is 2.53. The summed E-state index contributed by atoms with van der Waals surface area (Å²) in [4.78, 5) is 33.4. The van der Waals surface area contributed by atoms with Gasteiger partial charge in [0.2, 0.25) is 0 Å². The average molecular weight is 573 g/mol. The van der Waals surface area contributed by atoms with Gasteiger partial charge in [-0.3, -0.25) is 14.5 Å². The molecular weight excluding hydrogens is 544 g/mol. The molecule has 2 atom stereocenters. The van der Waals surface area contributed by atoms with Crippen LogP contribution in [0, 0.1) is 0 Å². The topological polar surface area (TPSA) is 107 Å². The third-order valence-electron chi connectivity index (χ3n) is 7.21. The molecule has 3 aromatic carbocycles. The number of aliphatic hydroxyl groups is 1. The number of benzene rings is 3. The Morgan fingerprint density at radius 1 is 1.07 bits per heavy atom. The Bertz CT molecular complexity index is 1730. The number of ether oxygens (including phenoxy) is 4. The van der Waals surface area contributed by atoms with Crippen LogP contribution in [0.5, 0.6) is 23.0 Å². The van der Waals surface area contributed by atoms with Gasteiger partial charge in [-0.15, -0.1) is 0 Å². The van der Waals surface area contributed by atoms with Gasteiger partial charge in [-0.05, 0) is 73.5 Å². The fourth-order valence-corrected chi connectivity index (χ4v) is 6.34. The quantitative estimate of drug-likeness (QED) is 0.172. The van der Waals surface area contributed by atoms with Gasteiger partial charge >= 0.3 is 5.91 Å². The van der Waals surface area contributed by atoms with E-state index in [2.05, 4.69) is 4.98 Å². The Balaban J connectivity index is 1.54. The summed E-state index contributed by atoms with van der Waals surface area (Å²) in [5, 5.41) is 11.9. The van der Waals surface area contributed by atoms with Crippen molar-refractivity contribution >= 4 is 44.1 Å². The van der Waals surface area contributed by atoms with E-state index < -0.39 is 17.7 Å². The second kappa shape index (κ2) is 10.4. The molecule has 1 saturated heterocycles. The molecule has 3 heterocycles. The van der Waals surface area contributed by atoms with Crippen LogP contribution in [0.1, 0.15) is 36.6 Å². The third-order valence-corrected chi connectivity index (χ3v) is 8.22. The van der Waals surface area contributed by atoms with E-state index in [1.54, 1.807) is 55.6 Å². The van der Waals surface area contributed by atoms with Crippen LogP contribution >= 0.6 is 11.3 Å². The highest BCUT2D eigenvalue weighted by molar-refractivity contribution is 7.22. The monoisotopic (exact) mass is 572 g/mol. The largest absolute Gasteiger partial charge is 0.507 e. The number of ketones is 1. The maximum Gasteiger partial charge on any atom is 0.301 e. The van der Waals surface area contributed by atoms with E-state index in [9.17, 15) is 14.7 Å². The summed E-state index contributed by atoms with van der Waals surface area (Å²) in [5.74, 6) is 0.498. The van der Waals surface area contributed by atoms with Crippen LogP contribution in [0.2, 0.25) is 0 Å². The van der Waals surface area contributed by atoms with Crippen molar-refractivity contribution < 1.29 is 33.6 Å². The lowest BCUT2D eigenvalue weighted by Crippen LogP contribution is -2.29. The van der Waals surface area contributed by atoms with Crippen LogP contribution in [0.4, 0.5) is 5.13 Å². The molecule has 2 aliphatic heterocycles. The predicted octanol–water partition coefficient (Wildman–Crippen LogP) is 5.66. The highest BCUT2D eigenvalue weighted by Gasteiger charge is 2.48. The third kappa shape index (κ3) is 4.54. The molecule has 4 aromatic rings. The molecule has 0 saturated carbocycles. The van der Waals surface area contributed by atoms with Crippen molar-refractivity contribution in [2.45, 2.75) is 32.4 Å². The Labute approximate surface area is 240 Å². The zero-order valence-corrected chi connectivity index (χ0v) is 23.8. The number of rotatable bonds is 7. The fraction of sp³-hybridized carbons (Fsp3) is 0.258. The first-order valence-electron chi connectivity index (χ1n) is 13.2. The van der Waals surface area contributed by atoms with E-state index in [0.29, 0.717) is 52.1 Å². The molecule has 2 aliphatic rings. The Morgan fingerprint density at radius 3 is 2.66 bits per heavy atom. The van der Waals surface area contributed by atoms with Gasteiger partial charge in [0.1, 0.15) is 23.4 Å². The first-order chi connectivity index (χ1) is 19.8. The number of hydrogen-bond acceptors (Lipinski definition) is 9. The SMILES string of the molecule is CCOc1ccc([C@H]2C(=C(O)c3ccc4c(c3)C[C@H](C)O4)C(=O)C(=O)N2c2nc3ccc(OC)cc3s2)cc1OC. The standard InChI is InChI=1S/C31H28N2O7S/c1-5-39-23-11-6-17(14-24(23)38-4)27-26(28(34)18-7-10-22-19(13-18)12-16(2)40-22)29(35)30(36)33(27)31-32-21-9-8-20(37-3)15-25(21)41-31/h6-11,13-16,27,34H,5,12H2,1-4H3/t16-,27-/m0/s1. The van der Waals surface area contributed by atoms with Crippen molar-refractivity contribution in [2.24, 2.45) is 0 Å². The average Bonchev–Trinajstić information content (AvgIpc) is 3.64. The van der Waals surface area contributed by atoms with Gasteiger partial charge in [0.05, 0.1) is 42.7 Å². The zero-order chi connectivity index (χ0) is 28.8. The van der Waals surface area contributed by atoms with E-state index in [4.69, 9.17) is 18.9 Å². The maximum atomic E-state index is 13.7. The van der Waals surface area contributed by atoms with E-state index in [1.807, 2.05) is 19.9 Å². The zero-order valence-electron chi connectivity index (χ0n) is 23.0. The lowest BCUT2D eigenvalue weighted by atomic mass is 9.94. The van der Waals surface area contributed by atoms with Crippen LogP contribution < -0.4 is 23.8 Å². The summed E-state index contributed by atoms with van der Waals surface area (Å²) in [6, 6.07) is 14.9. The lowest BCUT2D eigenvalue weighted by molar-refractivity contribution is -0.132. The molecule has 6 rings (SSSR count). The number of carbonyl (C=O) groups is 2. The van der Waals surface area contributed by atoms with Crippen molar-refractivity contribution in [1.82, 2.24) is 4.98 Å². The number of aromatic nitrogens is 1. The minimum Gasteiger partial charge on any atom is -0.507 e. The molecule has 0 unspecified atom stereocenters. The van der Waals surface area contributed by atoms with Gasteiger partial charge in [0.15, 0.2) is 16.6 Å². The molecule has 0 radical (unpaired) electrons. The smallest absolute Gasteiger partial charge is 0.301 e. The van der Waals surface area contributed by atoms with E-state index >= 15 is 0 Å². The molecule has 41 heavy (non-hydrogen) atoms. The number of hydrogen-bond donors (Lipinski definition) is 1. The summed E-state index contributed by atoms with van der Waals surface area (Å²) in [6.07, 6.45) is 0.696. The summed E-state index contributed by atoms with van der Waals surface area (Å²) in [7, 11) is 3.10. The summed E-state index contributed by atoms with van der Waals surface area (Å²) >= 11 is 1.26. The van der Waals surface area contributed by atoms with E-state index in [0.717, 1.165) is 16.0 Å². The predicted molar refractivity (Wildman–Crippen MR) is 155 cm³/mol. The van der Waals surface area contributed by atoms with Crippen LogP contribution in [0.3, 0.4) is 0 Å². The fourth-order valence-electron chi connectivity index (χ4n) is 5.32. The number of amides is 1. The molecule has 1 N–H and O–H groups in total. The minimum atomic E-state index is -0.967. The molecule has 10 heteroatoms. The first-order valence-corrected chi connectivity index (χ1v) is 14.0.